The Morgan fingerprint density at radius 3 is 2.32 bits per heavy atom. The Bertz CT molecular complexity index is 514. The second-order valence-corrected chi connectivity index (χ2v) is 9.95. The predicted molar refractivity (Wildman–Crippen MR) is 121 cm³/mol. The number of hydrogen-bond donors (Lipinski definition) is 1. The van der Waals surface area contributed by atoms with Gasteiger partial charge >= 0.3 is 35.0 Å². The molecular weight excluding hydrogens is 606 g/mol. The fourth-order valence-electron chi connectivity index (χ4n) is 2.97. The van der Waals surface area contributed by atoms with Crippen LogP contribution in [0.4, 0.5) is 0 Å². The van der Waals surface area contributed by atoms with E-state index in [1.807, 2.05) is 14.1 Å². The summed E-state index contributed by atoms with van der Waals surface area (Å²) in [5.41, 5.74) is 0. The van der Waals surface area contributed by atoms with E-state index in [1.54, 1.807) is 0 Å². The normalized spacial score (nSPS) is 17.8. The first kappa shape index (κ1) is 26.2. The van der Waals surface area contributed by atoms with Gasteiger partial charge in [-0.3, -0.25) is 4.79 Å². The minimum absolute atomic E-state index is 0.0469. The van der Waals surface area contributed by atoms with Crippen molar-refractivity contribution in [1.82, 2.24) is 24.9 Å². The predicted octanol–water partition coefficient (Wildman–Crippen LogP) is 3.76. The molecule has 2 unspecified atom stereocenters. The van der Waals surface area contributed by atoms with E-state index in [4.69, 9.17) is 19.1 Å². The molecule has 0 fully saturated rings. The Hall–Kier alpha value is 0.122. The second kappa shape index (κ2) is 15.0. The molecule has 0 aliphatic carbocycles. The number of rotatable bonds is 10. The van der Waals surface area contributed by atoms with Gasteiger partial charge < -0.3 is 24.9 Å². The van der Waals surface area contributed by atoms with Gasteiger partial charge in [0.05, 0.1) is 0 Å². The molecule has 2 aliphatic rings. The Morgan fingerprint density at radius 2 is 1.82 bits per heavy atom. The Kier molecular flexibility index (Phi) is 14.0. The zero-order valence-corrected chi connectivity index (χ0v) is 21.7. The van der Waals surface area contributed by atoms with Crippen molar-refractivity contribution in [2.45, 2.75) is 32.2 Å². The van der Waals surface area contributed by atoms with E-state index >= 15 is 0 Å². The van der Waals surface area contributed by atoms with Gasteiger partial charge in [0.25, 0.3) is 0 Å². The summed E-state index contributed by atoms with van der Waals surface area (Å²) >= 11 is 2.23. The van der Waals surface area contributed by atoms with Crippen molar-refractivity contribution in [1.29, 1.82) is 0 Å². The molecule has 0 radical (unpaired) electrons. The molecule has 28 heavy (non-hydrogen) atoms. The number of nitrogens with zero attached hydrogens (tertiary/aromatic N) is 4. The van der Waals surface area contributed by atoms with Crippen LogP contribution in [-0.4, -0.2) is 63.2 Å². The second-order valence-electron chi connectivity index (χ2n) is 6.71. The van der Waals surface area contributed by atoms with Gasteiger partial charge in [0.2, 0.25) is 5.91 Å². The van der Waals surface area contributed by atoms with Crippen LogP contribution in [0.2, 0.25) is 0 Å². The number of alkyl halides is 1. The van der Waals surface area contributed by atoms with Gasteiger partial charge in [-0.1, -0.05) is 29.5 Å². The Labute approximate surface area is 199 Å². The maximum absolute atomic E-state index is 12.4. The molecule has 0 aromatic rings. The summed E-state index contributed by atoms with van der Waals surface area (Å²) in [6, 6.07) is 0.307. The molecule has 2 rings (SSSR count). The molecule has 1 amide bonds. The molecule has 6 nitrogen and oxygen atoms in total. The molecule has 2 heterocycles. The number of hydrogen-bond acceptors (Lipinski definition) is 5. The van der Waals surface area contributed by atoms with Crippen molar-refractivity contribution >= 4 is 47.6 Å². The summed E-state index contributed by atoms with van der Waals surface area (Å²) in [7, 11) is 13.7. The molecule has 0 aromatic heterocycles. The van der Waals surface area contributed by atoms with Gasteiger partial charge in [-0.2, -0.15) is 13.3 Å². The first-order chi connectivity index (χ1) is 13.4. The average molecular weight is 637 g/mol. The van der Waals surface area contributed by atoms with Crippen LogP contribution in [0, 0.1) is 19.3 Å². The number of halogens is 3. The SMILES string of the molecule is CCCNC(=O)C(CI)CC(CCN1C=CN(C)[CH-]1)N1C=CN(C)[CH-]1.[Cl][Pd][Cl]. The minimum atomic E-state index is -0.106. The van der Waals surface area contributed by atoms with Crippen molar-refractivity contribution < 1.29 is 20.7 Å². The molecule has 1 N–H and O–H groups in total. The van der Waals surface area contributed by atoms with Crippen LogP contribution in [0.3, 0.4) is 0 Å². The topological polar surface area (TPSA) is 42.1 Å². The average Bonchev–Trinajstić information content (AvgIpc) is 3.29. The van der Waals surface area contributed by atoms with Gasteiger partial charge in [0.1, 0.15) is 0 Å². The molecule has 0 spiro atoms. The van der Waals surface area contributed by atoms with Gasteiger partial charge in [-0.05, 0) is 64.7 Å². The molecule has 0 bridgehead atoms. The summed E-state index contributed by atoms with van der Waals surface area (Å²) in [5.74, 6) is 0.232. The first-order valence-electron chi connectivity index (χ1n) is 9.14. The third-order valence-corrected chi connectivity index (χ3v) is 5.48. The maximum atomic E-state index is 12.4. The van der Waals surface area contributed by atoms with Crippen molar-refractivity contribution in [3.63, 3.8) is 0 Å². The number of carbonyl (C=O) groups excluding carboxylic acids is 1. The number of amides is 1. The Balaban J connectivity index is 0.00000122. The monoisotopic (exact) mass is 635 g/mol. The van der Waals surface area contributed by atoms with Crippen molar-refractivity contribution in [2.75, 3.05) is 31.6 Å². The van der Waals surface area contributed by atoms with E-state index in [-0.39, 0.29) is 27.8 Å². The third kappa shape index (κ3) is 9.75. The van der Waals surface area contributed by atoms with Crippen molar-refractivity contribution in [3.8, 4) is 0 Å². The van der Waals surface area contributed by atoms with Crippen molar-refractivity contribution in [2.24, 2.45) is 5.92 Å². The summed E-state index contributed by atoms with van der Waals surface area (Å²) in [5, 5.41) is 3.06. The van der Waals surface area contributed by atoms with Crippen LogP contribution in [-0.2, 0) is 20.7 Å². The summed E-state index contributed by atoms with van der Waals surface area (Å²) in [4.78, 5) is 21.0. The number of carbonyl (C=O) groups is 1. The van der Waals surface area contributed by atoms with E-state index in [2.05, 4.69) is 92.6 Å². The van der Waals surface area contributed by atoms with Crippen LogP contribution >= 0.6 is 41.6 Å². The van der Waals surface area contributed by atoms with Gasteiger partial charge in [0, 0.05) is 22.9 Å². The molecule has 0 aromatic carbocycles. The van der Waals surface area contributed by atoms with E-state index in [9.17, 15) is 4.79 Å². The standard InChI is InChI=1S/C18H30IN5O.2ClH.Pd/c1-4-6-20-18(25)16(13-19)12-17(24-11-9-22(3)15-24)5-7-23-10-8-21(2)14-23;;;/h8-11,14-17H,4-7,12-13H2,1-3H3,(H,20,25);2*1H;/q-2;;;+2/p-2. The fraction of sp³-hybridized carbons (Fsp3) is 0.611. The molecule has 2 aliphatic heterocycles. The van der Waals surface area contributed by atoms with E-state index in [1.165, 1.54) is 0 Å². The summed E-state index contributed by atoms with van der Waals surface area (Å²) < 4.78 is 0.843. The van der Waals surface area contributed by atoms with Gasteiger partial charge in [0.15, 0.2) is 0 Å². The van der Waals surface area contributed by atoms with Crippen LogP contribution in [0.15, 0.2) is 24.8 Å². The fourth-order valence-corrected chi connectivity index (χ4v) is 3.73. The summed E-state index contributed by atoms with van der Waals surface area (Å²) in [6.45, 7) is 7.98. The van der Waals surface area contributed by atoms with Crippen LogP contribution < -0.4 is 5.32 Å². The zero-order chi connectivity index (χ0) is 20.9. The third-order valence-electron chi connectivity index (χ3n) is 4.42. The molecule has 166 valence electrons. The van der Waals surface area contributed by atoms with Gasteiger partial charge in [-0.15, -0.1) is 0 Å². The quantitative estimate of drug-likeness (QED) is 0.171. The van der Waals surface area contributed by atoms with Gasteiger partial charge in [-0.25, -0.2) is 0 Å². The van der Waals surface area contributed by atoms with E-state index in [0.717, 1.165) is 36.8 Å². The molecule has 0 saturated heterocycles. The number of nitrogens with one attached hydrogen (secondary N) is 1. The zero-order valence-electron chi connectivity index (χ0n) is 16.5. The van der Waals surface area contributed by atoms with Crippen LogP contribution in [0.25, 0.3) is 0 Å². The molecule has 2 atom stereocenters. The molecule has 10 heteroatoms. The van der Waals surface area contributed by atoms with Crippen LogP contribution in [0.1, 0.15) is 26.2 Å². The van der Waals surface area contributed by atoms with E-state index in [0.29, 0.717) is 6.04 Å². The summed E-state index contributed by atoms with van der Waals surface area (Å²) in [6.07, 6.45) is 11.1. The molecular formula is C18H30Cl2IN5OPd-2. The van der Waals surface area contributed by atoms with Crippen LogP contribution in [0.5, 0.6) is 0 Å². The first-order valence-corrected chi connectivity index (χ1v) is 14.7. The molecule has 0 saturated carbocycles. The van der Waals surface area contributed by atoms with Crippen molar-refractivity contribution in [3.05, 3.63) is 38.1 Å². The Morgan fingerprint density at radius 1 is 1.18 bits per heavy atom. The van der Waals surface area contributed by atoms with E-state index < -0.39 is 0 Å².